The van der Waals surface area contributed by atoms with Crippen molar-refractivity contribution in [1.82, 2.24) is 20.0 Å². The number of alkyl halides is 3. The molecule has 0 aromatic carbocycles. The minimum Gasteiger partial charge on any atom is -0.477 e. The number of β-lactam (4-membered cyclic amide) rings is 1. The second kappa shape index (κ2) is 9.25. The second-order valence-corrected chi connectivity index (χ2v) is 8.69. The molecule has 1 fully saturated rings. The first-order valence-electron chi connectivity index (χ1n) is 9.45. The van der Waals surface area contributed by atoms with E-state index in [0.717, 1.165) is 9.58 Å². The molecular formula is C18H18ClF3N4O6S. The van der Waals surface area contributed by atoms with Gasteiger partial charge in [0.05, 0.1) is 17.3 Å². The third-order valence-electron chi connectivity index (χ3n) is 4.97. The van der Waals surface area contributed by atoms with Crippen LogP contribution in [0.4, 0.5) is 13.2 Å². The number of aromatic nitrogens is 2. The number of carboxylic acid groups (broad SMARTS) is 1. The SMILES string of the molecule is CC(=O)OCC1=C(C(=O)O)N2C(=O)[C@H](NC(=O)CCn3nc(C(F)(F)F)c(Cl)c3C)[C@H]2SC1. The van der Waals surface area contributed by atoms with Gasteiger partial charge in [0.15, 0.2) is 5.69 Å². The van der Waals surface area contributed by atoms with Gasteiger partial charge in [-0.15, -0.1) is 11.8 Å². The summed E-state index contributed by atoms with van der Waals surface area (Å²) in [6.07, 6.45) is -5.02. The Morgan fingerprint density at radius 2 is 2.03 bits per heavy atom. The number of nitrogens with one attached hydrogen (secondary N) is 1. The monoisotopic (exact) mass is 510 g/mol. The number of ether oxygens (including phenoxy) is 1. The number of fused-ring (bicyclic) bond motifs is 1. The quantitative estimate of drug-likeness (QED) is 0.417. The van der Waals surface area contributed by atoms with Crippen molar-refractivity contribution < 1.29 is 42.2 Å². The Balaban J connectivity index is 1.64. The van der Waals surface area contributed by atoms with Crippen LogP contribution in [0.5, 0.6) is 0 Å². The van der Waals surface area contributed by atoms with Crippen molar-refractivity contribution in [2.45, 2.75) is 44.4 Å². The van der Waals surface area contributed by atoms with Crippen LogP contribution in [-0.4, -0.2) is 67.3 Å². The van der Waals surface area contributed by atoms with Crippen LogP contribution in [0.25, 0.3) is 0 Å². The van der Waals surface area contributed by atoms with E-state index < -0.39 is 52.1 Å². The number of thioether (sulfide) groups is 1. The molecule has 0 spiro atoms. The van der Waals surface area contributed by atoms with E-state index in [4.69, 9.17) is 16.3 Å². The van der Waals surface area contributed by atoms with Crippen LogP contribution in [0.2, 0.25) is 5.02 Å². The zero-order valence-corrected chi connectivity index (χ0v) is 18.8. The van der Waals surface area contributed by atoms with Gasteiger partial charge in [-0.1, -0.05) is 11.6 Å². The van der Waals surface area contributed by atoms with Crippen LogP contribution >= 0.6 is 23.4 Å². The number of rotatable bonds is 7. The average Bonchev–Trinajstić information content (AvgIpc) is 3.02. The maximum atomic E-state index is 12.9. The Labute approximate surface area is 194 Å². The minimum atomic E-state index is -4.74. The molecule has 180 valence electrons. The highest BCUT2D eigenvalue weighted by molar-refractivity contribution is 8.00. The standard InChI is InChI=1S/C18H18ClF3N4O6S/c1-7-11(19)14(18(20,21)22)24-25(7)4-3-10(28)23-12-15(29)26-13(17(30)31)9(5-32-8(2)27)6-33-16(12)26/h12,16H,3-6H2,1-2H3,(H,23,28)(H,30,31)/t12-,16+/m0/s1. The Morgan fingerprint density at radius 1 is 1.36 bits per heavy atom. The van der Waals surface area contributed by atoms with Crippen molar-refractivity contribution in [2.24, 2.45) is 0 Å². The van der Waals surface area contributed by atoms with Gasteiger partial charge in [0.25, 0.3) is 5.91 Å². The Morgan fingerprint density at radius 3 is 2.58 bits per heavy atom. The molecule has 2 atom stereocenters. The topological polar surface area (TPSA) is 131 Å². The van der Waals surface area contributed by atoms with Crippen LogP contribution in [0.1, 0.15) is 24.7 Å². The number of esters is 1. The first-order valence-corrected chi connectivity index (χ1v) is 10.9. The highest BCUT2D eigenvalue weighted by Crippen LogP contribution is 2.40. The molecule has 10 nitrogen and oxygen atoms in total. The lowest BCUT2D eigenvalue weighted by Crippen LogP contribution is -2.70. The summed E-state index contributed by atoms with van der Waals surface area (Å²) >= 11 is 6.87. The smallest absolute Gasteiger partial charge is 0.436 e. The number of carbonyl (C=O) groups is 4. The molecule has 2 aliphatic rings. The second-order valence-electron chi connectivity index (χ2n) is 7.21. The van der Waals surface area contributed by atoms with Crippen LogP contribution in [0.15, 0.2) is 11.3 Å². The lowest BCUT2D eigenvalue weighted by Gasteiger charge is -2.49. The molecule has 15 heteroatoms. The van der Waals surface area contributed by atoms with Crippen molar-refractivity contribution in [2.75, 3.05) is 12.4 Å². The Hall–Kier alpha value is -2.74. The molecule has 1 aromatic heterocycles. The summed E-state index contributed by atoms with van der Waals surface area (Å²) in [5.74, 6) is -3.08. The van der Waals surface area contributed by atoms with Gasteiger partial charge >= 0.3 is 18.1 Å². The van der Waals surface area contributed by atoms with Crippen LogP contribution in [0, 0.1) is 6.92 Å². The van der Waals surface area contributed by atoms with Gasteiger partial charge in [-0.05, 0) is 6.92 Å². The van der Waals surface area contributed by atoms with E-state index in [1.54, 1.807) is 0 Å². The number of carbonyl (C=O) groups excluding carboxylic acids is 3. The summed E-state index contributed by atoms with van der Waals surface area (Å²) in [5, 5.41) is 14.2. The summed E-state index contributed by atoms with van der Waals surface area (Å²) in [7, 11) is 0. The fraction of sp³-hybridized carbons (Fsp3) is 0.500. The summed E-state index contributed by atoms with van der Waals surface area (Å²) in [6.45, 7) is 2.02. The molecule has 0 unspecified atom stereocenters. The van der Waals surface area contributed by atoms with Gasteiger partial charge in [0.1, 0.15) is 23.7 Å². The van der Waals surface area contributed by atoms with Crippen molar-refractivity contribution >= 4 is 47.1 Å². The molecule has 2 amide bonds. The largest absolute Gasteiger partial charge is 0.477 e. The van der Waals surface area contributed by atoms with Gasteiger partial charge in [-0.3, -0.25) is 24.0 Å². The number of nitrogens with zero attached hydrogens (tertiary/aromatic N) is 3. The maximum absolute atomic E-state index is 12.9. The Kier molecular flexibility index (Phi) is 6.98. The molecule has 1 aromatic rings. The highest BCUT2D eigenvalue weighted by atomic mass is 35.5. The summed E-state index contributed by atoms with van der Waals surface area (Å²) < 4.78 is 44.6. The van der Waals surface area contributed by atoms with Crippen molar-refractivity contribution in [3.63, 3.8) is 0 Å². The molecule has 3 rings (SSSR count). The highest BCUT2D eigenvalue weighted by Gasteiger charge is 2.54. The van der Waals surface area contributed by atoms with E-state index in [2.05, 4.69) is 10.4 Å². The van der Waals surface area contributed by atoms with Gasteiger partial charge < -0.3 is 15.2 Å². The van der Waals surface area contributed by atoms with Crippen molar-refractivity contribution in [3.8, 4) is 0 Å². The van der Waals surface area contributed by atoms with Gasteiger partial charge in [0.2, 0.25) is 5.91 Å². The summed E-state index contributed by atoms with van der Waals surface area (Å²) in [6, 6.07) is -1.000. The van der Waals surface area contributed by atoms with Gasteiger partial charge in [0, 0.05) is 24.7 Å². The van der Waals surface area contributed by atoms with Crippen molar-refractivity contribution in [1.29, 1.82) is 0 Å². The molecular weight excluding hydrogens is 493 g/mol. The lowest BCUT2D eigenvalue weighted by molar-refractivity contribution is -0.151. The van der Waals surface area contributed by atoms with Gasteiger partial charge in [-0.25, -0.2) is 4.79 Å². The molecule has 3 heterocycles. The summed E-state index contributed by atoms with van der Waals surface area (Å²) in [4.78, 5) is 48.6. The molecule has 0 saturated carbocycles. The minimum absolute atomic E-state index is 0.0436. The fourth-order valence-corrected chi connectivity index (χ4v) is 4.93. The third kappa shape index (κ3) is 4.95. The van der Waals surface area contributed by atoms with E-state index in [-0.39, 0.29) is 42.3 Å². The summed E-state index contributed by atoms with van der Waals surface area (Å²) in [5.41, 5.74) is -1.24. The number of hydrogen-bond donors (Lipinski definition) is 2. The zero-order valence-electron chi connectivity index (χ0n) is 17.2. The molecule has 2 aliphatic heterocycles. The predicted molar refractivity (Wildman–Crippen MR) is 108 cm³/mol. The third-order valence-corrected chi connectivity index (χ3v) is 6.76. The first kappa shape index (κ1) is 24.9. The average molecular weight is 511 g/mol. The molecule has 33 heavy (non-hydrogen) atoms. The first-order chi connectivity index (χ1) is 15.3. The van der Waals surface area contributed by atoms with E-state index in [1.165, 1.54) is 25.6 Å². The number of amides is 2. The van der Waals surface area contributed by atoms with Gasteiger partial charge in [-0.2, -0.15) is 18.3 Å². The van der Waals surface area contributed by atoms with E-state index in [9.17, 15) is 37.5 Å². The van der Waals surface area contributed by atoms with E-state index >= 15 is 0 Å². The molecule has 0 bridgehead atoms. The van der Waals surface area contributed by atoms with E-state index in [1.807, 2.05) is 0 Å². The predicted octanol–water partition coefficient (Wildman–Crippen LogP) is 1.56. The molecule has 1 saturated heterocycles. The zero-order chi connectivity index (χ0) is 24.7. The molecule has 0 aliphatic carbocycles. The molecule has 0 radical (unpaired) electrons. The number of aliphatic carboxylic acids is 1. The number of hydrogen-bond acceptors (Lipinski definition) is 7. The number of carboxylic acids is 1. The number of halogens is 4. The number of aryl methyl sites for hydroxylation is 1. The lowest BCUT2D eigenvalue weighted by atomic mass is 10.0. The van der Waals surface area contributed by atoms with Crippen molar-refractivity contribution in [3.05, 3.63) is 27.7 Å². The Bertz CT molecular complexity index is 1060. The van der Waals surface area contributed by atoms with Crippen LogP contribution in [-0.2, 0) is 36.6 Å². The van der Waals surface area contributed by atoms with E-state index in [0.29, 0.717) is 0 Å². The normalized spacial score (nSPS) is 20.3. The van der Waals surface area contributed by atoms with Crippen LogP contribution < -0.4 is 5.32 Å². The fourth-order valence-electron chi connectivity index (χ4n) is 3.36. The maximum Gasteiger partial charge on any atom is 0.436 e. The van der Waals surface area contributed by atoms with Crippen LogP contribution in [0.3, 0.4) is 0 Å². The molecule has 2 N–H and O–H groups in total.